The Kier molecular flexibility index (Phi) is 7.08. The molecule has 7 heteroatoms. The first-order valence-corrected chi connectivity index (χ1v) is 12.3. The topological polar surface area (TPSA) is 69.0 Å². The summed E-state index contributed by atoms with van der Waals surface area (Å²) in [4.78, 5) is 29.2. The number of anilines is 1. The molecule has 0 bridgehead atoms. The lowest BCUT2D eigenvalue weighted by Gasteiger charge is -2.31. The predicted molar refractivity (Wildman–Crippen MR) is 137 cm³/mol. The number of hydrogen-bond donors (Lipinski definition) is 0. The summed E-state index contributed by atoms with van der Waals surface area (Å²) >= 11 is 1.67. The molecule has 2 heterocycles. The van der Waals surface area contributed by atoms with Crippen LogP contribution in [0.1, 0.15) is 65.0 Å². The minimum absolute atomic E-state index is 0.0775. The van der Waals surface area contributed by atoms with Gasteiger partial charge in [0.15, 0.2) is 0 Å². The summed E-state index contributed by atoms with van der Waals surface area (Å²) < 4.78 is 15.8. The number of fused-ring (bicyclic) bond motifs is 1. The van der Waals surface area contributed by atoms with Gasteiger partial charge in [-0.3, -0.25) is 0 Å². The minimum atomic E-state index is -0.723. The third-order valence-electron chi connectivity index (χ3n) is 6.44. The maximum absolute atomic E-state index is 13.2. The van der Waals surface area contributed by atoms with Crippen LogP contribution in [0.4, 0.5) is 5.69 Å². The van der Waals surface area contributed by atoms with Crippen LogP contribution in [0, 0.1) is 0 Å². The van der Waals surface area contributed by atoms with Crippen molar-refractivity contribution in [2.24, 2.45) is 0 Å². The highest BCUT2D eigenvalue weighted by Crippen LogP contribution is 2.57. The fraction of sp³-hybridized carbons (Fsp3) is 0.286. The van der Waals surface area contributed by atoms with E-state index < -0.39 is 16.7 Å². The summed E-state index contributed by atoms with van der Waals surface area (Å²) in [6.45, 7) is 6.67. The number of hydrogen-bond acceptors (Lipinski definition) is 7. The number of methoxy groups -OCH3 is 2. The molecule has 3 aromatic rings. The van der Waals surface area contributed by atoms with E-state index >= 15 is 0 Å². The third kappa shape index (κ3) is 4.25. The van der Waals surface area contributed by atoms with Crippen LogP contribution in [0.25, 0.3) is 0 Å². The lowest BCUT2D eigenvalue weighted by molar-refractivity contribution is 0.0527. The van der Waals surface area contributed by atoms with Crippen LogP contribution < -0.4 is 4.90 Å². The van der Waals surface area contributed by atoms with Gasteiger partial charge in [0, 0.05) is 17.1 Å². The van der Waals surface area contributed by atoms with Gasteiger partial charge in [0.1, 0.15) is 21.8 Å². The molecule has 1 aliphatic heterocycles. The van der Waals surface area contributed by atoms with E-state index in [1.54, 1.807) is 11.8 Å². The normalized spacial score (nSPS) is 17.6. The fourth-order valence-corrected chi connectivity index (χ4v) is 5.93. The Labute approximate surface area is 209 Å². The highest BCUT2D eigenvalue weighted by molar-refractivity contribution is 8.04. The van der Waals surface area contributed by atoms with Crippen molar-refractivity contribution in [3.05, 3.63) is 99.5 Å². The molecule has 2 aromatic carbocycles. The number of carbonyl (C=O) groups excluding carboxylic acids is 2. The van der Waals surface area contributed by atoms with Gasteiger partial charge in [-0.05, 0) is 31.4 Å². The van der Waals surface area contributed by atoms with Gasteiger partial charge in [0.25, 0.3) is 0 Å². The lowest BCUT2D eigenvalue weighted by Crippen LogP contribution is -2.26. The van der Waals surface area contributed by atoms with Crippen LogP contribution in [0.5, 0.6) is 0 Å². The van der Waals surface area contributed by atoms with Crippen LogP contribution in [-0.2, 0) is 20.8 Å². The second-order valence-electron chi connectivity index (χ2n) is 8.33. The Bertz CT molecular complexity index is 1270. The second-order valence-corrected chi connectivity index (χ2v) is 9.84. The standard InChI is InChI=1S/C28H29NO5S/c1-6-28(21-15-11-8-12-16-21)25-23(22(26(30)32-4)24(34-25)27(31)33-5)29(18(2)19(3)35-28)17-20-13-9-7-10-14-20/h7-16H,6,17H2,1-5H3. The molecule has 0 fully saturated rings. The first-order valence-electron chi connectivity index (χ1n) is 11.4. The zero-order valence-corrected chi connectivity index (χ0v) is 21.4. The molecular weight excluding hydrogens is 462 g/mol. The molecule has 0 N–H and O–H groups in total. The zero-order valence-electron chi connectivity index (χ0n) is 20.6. The Balaban J connectivity index is 2.10. The fourth-order valence-electron chi connectivity index (χ4n) is 4.52. The Hall–Kier alpha value is -3.45. The number of allylic oxidation sites excluding steroid dienone is 2. The van der Waals surface area contributed by atoms with E-state index in [9.17, 15) is 9.59 Å². The second kappa shape index (κ2) is 10.0. The summed E-state index contributed by atoms with van der Waals surface area (Å²) in [5.74, 6) is -0.989. The van der Waals surface area contributed by atoms with E-state index in [2.05, 4.69) is 18.7 Å². The number of thioether (sulfide) groups is 1. The number of nitrogens with zero attached hydrogens (tertiary/aromatic N) is 1. The average Bonchev–Trinajstić information content (AvgIpc) is 3.27. The van der Waals surface area contributed by atoms with Gasteiger partial charge in [-0.15, -0.1) is 11.8 Å². The summed E-state index contributed by atoms with van der Waals surface area (Å²) in [5.41, 5.74) is 3.65. The number of esters is 2. The molecule has 0 aliphatic carbocycles. The van der Waals surface area contributed by atoms with Crippen LogP contribution in [0.3, 0.4) is 0 Å². The van der Waals surface area contributed by atoms with Crippen molar-refractivity contribution in [1.29, 1.82) is 0 Å². The van der Waals surface area contributed by atoms with Crippen molar-refractivity contribution in [2.45, 2.75) is 38.5 Å². The number of benzene rings is 2. The van der Waals surface area contributed by atoms with Crippen LogP contribution >= 0.6 is 11.8 Å². The van der Waals surface area contributed by atoms with E-state index in [1.807, 2.05) is 67.6 Å². The molecule has 1 unspecified atom stereocenters. The van der Waals surface area contributed by atoms with Crippen molar-refractivity contribution in [3.63, 3.8) is 0 Å². The highest BCUT2D eigenvalue weighted by atomic mass is 32.2. The molecule has 0 amide bonds. The molecule has 0 saturated heterocycles. The number of carbonyl (C=O) groups is 2. The highest BCUT2D eigenvalue weighted by Gasteiger charge is 2.47. The van der Waals surface area contributed by atoms with Crippen molar-refractivity contribution in [3.8, 4) is 0 Å². The lowest BCUT2D eigenvalue weighted by atomic mass is 9.90. The SMILES string of the molecule is CCC1(c2ccccc2)SC(C)=C(C)N(Cc2ccccc2)c2c1oc(C(=O)OC)c2C(=O)OC. The molecule has 1 aromatic heterocycles. The molecule has 1 atom stereocenters. The molecule has 4 rings (SSSR count). The molecule has 0 spiro atoms. The van der Waals surface area contributed by atoms with Crippen molar-refractivity contribution in [1.82, 2.24) is 0 Å². The van der Waals surface area contributed by atoms with E-state index in [0.717, 1.165) is 21.7 Å². The Morgan fingerprint density at radius 2 is 1.54 bits per heavy atom. The first kappa shape index (κ1) is 24.7. The van der Waals surface area contributed by atoms with Gasteiger partial charge in [-0.1, -0.05) is 67.6 Å². The quantitative estimate of drug-likeness (QED) is 0.364. The molecule has 1 aliphatic rings. The maximum atomic E-state index is 13.2. The van der Waals surface area contributed by atoms with Crippen molar-refractivity contribution in [2.75, 3.05) is 19.1 Å². The maximum Gasteiger partial charge on any atom is 0.374 e. The van der Waals surface area contributed by atoms with Gasteiger partial charge in [0.05, 0.1) is 14.2 Å². The van der Waals surface area contributed by atoms with Crippen molar-refractivity contribution < 1.29 is 23.5 Å². The Morgan fingerprint density at radius 1 is 0.943 bits per heavy atom. The average molecular weight is 492 g/mol. The summed E-state index contributed by atoms with van der Waals surface area (Å²) in [6, 6.07) is 20.0. The minimum Gasteiger partial charge on any atom is -0.465 e. The van der Waals surface area contributed by atoms with Crippen LogP contribution in [0.15, 0.2) is 75.7 Å². The van der Waals surface area contributed by atoms with Gasteiger partial charge >= 0.3 is 11.9 Å². The number of ether oxygens (including phenoxy) is 2. The summed E-state index contributed by atoms with van der Waals surface area (Å²) in [6.07, 6.45) is 0.660. The van der Waals surface area contributed by atoms with Crippen LogP contribution in [-0.4, -0.2) is 26.2 Å². The zero-order chi connectivity index (χ0) is 25.2. The van der Waals surface area contributed by atoms with E-state index in [4.69, 9.17) is 13.9 Å². The third-order valence-corrected chi connectivity index (χ3v) is 8.10. The van der Waals surface area contributed by atoms with Gasteiger partial charge in [-0.2, -0.15) is 0 Å². The first-order chi connectivity index (χ1) is 16.9. The Morgan fingerprint density at radius 3 is 2.11 bits per heavy atom. The van der Waals surface area contributed by atoms with Crippen LogP contribution in [0.2, 0.25) is 0 Å². The monoisotopic (exact) mass is 491 g/mol. The number of rotatable bonds is 6. The molecule has 182 valence electrons. The molecule has 0 saturated carbocycles. The largest absolute Gasteiger partial charge is 0.465 e. The number of furan rings is 1. The summed E-state index contributed by atoms with van der Waals surface area (Å²) in [7, 11) is 2.57. The molecule has 0 radical (unpaired) electrons. The molecular formula is C28H29NO5S. The molecule has 6 nitrogen and oxygen atoms in total. The van der Waals surface area contributed by atoms with Gasteiger partial charge in [-0.25, -0.2) is 9.59 Å². The van der Waals surface area contributed by atoms with E-state index in [1.165, 1.54) is 14.2 Å². The van der Waals surface area contributed by atoms with Gasteiger partial charge < -0.3 is 18.8 Å². The summed E-state index contributed by atoms with van der Waals surface area (Å²) in [5, 5.41) is 0. The van der Waals surface area contributed by atoms with Crippen molar-refractivity contribution >= 4 is 29.4 Å². The smallest absolute Gasteiger partial charge is 0.374 e. The predicted octanol–water partition coefficient (Wildman–Crippen LogP) is 6.51. The molecule has 35 heavy (non-hydrogen) atoms. The van der Waals surface area contributed by atoms with Gasteiger partial charge in [0.2, 0.25) is 5.76 Å². The van der Waals surface area contributed by atoms with E-state index in [0.29, 0.717) is 24.4 Å². The van der Waals surface area contributed by atoms with E-state index in [-0.39, 0.29) is 11.3 Å².